The fraction of sp³-hybridized carbons (Fsp3) is 0.226. The molecule has 2 aliphatic rings. The van der Waals surface area contributed by atoms with E-state index < -0.39 is 41.3 Å². The average molecular weight is 558 g/mol. The van der Waals surface area contributed by atoms with E-state index in [9.17, 15) is 18.8 Å². The highest BCUT2D eigenvalue weighted by Gasteiger charge is 2.51. The summed E-state index contributed by atoms with van der Waals surface area (Å²) in [7, 11) is 3.99. The van der Waals surface area contributed by atoms with Crippen LogP contribution < -0.4 is 15.4 Å². The van der Waals surface area contributed by atoms with E-state index in [1.54, 1.807) is 54.6 Å². The fourth-order valence-electron chi connectivity index (χ4n) is 5.66. The molecule has 9 nitrogen and oxygen atoms in total. The van der Waals surface area contributed by atoms with Gasteiger partial charge in [-0.3, -0.25) is 19.5 Å². The van der Waals surface area contributed by atoms with Crippen molar-refractivity contribution in [1.82, 2.24) is 4.98 Å². The standard InChI is InChI=1S/C31H28FN3O6/c1-39-21-12-6-17(7-13-21)22-15-23-26(28(36)25(22)30(37)40-2)24(18-5-4-14-34-16-18)27(31(38)41-3)29(33)35(23)20-10-8-19(32)9-11-20/h4-14,16,22,24-25H,15,33H2,1-3H3/t22-,24-,25-/m1/s1. The molecule has 0 saturated heterocycles. The van der Waals surface area contributed by atoms with Crippen molar-refractivity contribution < 1.29 is 33.0 Å². The molecule has 1 aliphatic carbocycles. The second-order valence-corrected chi connectivity index (χ2v) is 9.63. The number of aromatic nitrogens is 1. The second-order valence-electron chi connectivity index (χ2n) is 9.63. The maximum absolute atomic E-state index is 14.5. The van der Waals surface area contributed by atoms with Gasteiger partial charge in [-0.1, -0.05) is 18.2 Å². The lowest BCUT2D eigenvalue weighted by molar-refractivity contribution is -0.150. The van der Waals surface area contributed by atoms with E-state index in [0.29, 0.717) is 28.3 Å². The highest BCUT2D eigenvalue weighted by atomic mass is 19.1. The third-order valence-electron chi connectivity index (χ3n) is 7.55. The van der Waals surface area contributed by atoms with E-state index in [1.807, 2.05) is 0 Å². The molecule has 2 aromatic carbocycles. The minimum Gasteiger partial charge on any atom is -0.497 e. The lowest BCUT2D eigenvalue weighted by atomic mass is 9.67. The van der Waals surface area contributed by atoms with Crippen LogP contribution in [0.4, 0.5) is 10.1 Å². The van der Waals surface area contributed by atoms with E-state index in [1.165, 1.54) is 44.7 Å². The van der Waals surface area contributed by atoms with Gasteiger partial charge >= 0.3 is 11.9 Å². The Morgan fingerprint density at radius 3 is 2.27 bits per heavy atom. The molecule has 2 heterocycles. The monoisotopic (exact) mass is 557 g/mol. The Kier molecular flexibility index (Phi) is 7.56. The maximum atomic E-state index is 14.5. The average Bonchev–Trinajstić information content (AvgIpc) is 3.00. The molecule has 41 heavy (non-hydrogen) atoms. The number of esters is 2. The van der Waals surface area contributed by atoms with Gasteiger partial charge < -0.3 is 19.9 Å². The first kappa shape index (κ1) is 27.6. The smallest absolute Gasteiger partial charge is 0.338 e. The van der Waals surface area contributed by atoms with Gasteiger partial charge in [0.2, 0.25) is 0 Å². The van der Waals surface area contributed by atoms with Crippen LogP contribution in [0.25, 0.3) is 0 Å². The number of nitrogens with two attached hydrogens (primary N) is 1. The molecule has 210 valence electrons. The molecule has 0 unspecified atom stereocenters. The number of anilines is 1. The van der Waals surface area contributed by atoms with Gasteiger partial charge in [0.1, 0.15) is 23.3 Å². The Bertz CT molecular complexity index is 1550. The molecule has 0 fully saturated rings. The molecule has 0 amide bonds. The van der Waals surface area contributed by atoms with Gasteiger partial charge in [-0.25, -0.2) is 9.18 Å². The largest absolute Gasteiger partial charge is 0.497 e. The van der Waals surface area contributed by atoms with Gasteiger partial charge in [-0.15, -0.1) is 0 Å². The zero-order chi connectivity index (χ0) is 29.3. The zero-order valence-electron chi connectivity index (χ0n) is 22.7. The predicted octanol–water partition coefficient (Wildman–Crippen LogP) is 3.98. The van der Waals surface area contributed by atoms with E-state index in [0.717, 1.165) is 0 Å². The molecule has 1 aliphatic heterocycles. The number of allylic oxidation sites excluding steroid dienone is 2. The normalized spacial score (nSPS) is 20.4. The summed E-state index contributed by atoms with van der Waals surface area (Å²) in [4.78, 5) is 46.8. The summed E-state index contributed by atoms with van der Waals surface area (Å²) in [6.07, 6.45) is 3.28. The molecule has 0 spiro atoms. The number of carbonyl (C=O) groups is 3. The van der Waals surface area contributed by atoms with Crippen LogP contribution in [0.5, 0.6) is 5.75 Å². The quantitative estimate of drug-likeness (QED) is 0.354. The molecular formula is C31H28FN3O6. The number of nitrogens with zero attached hydrogens (tertiary/aromatic N) is 2. The lowest BCUT2D eigenvalue weighted by Crippen LogP contribution is -2.46. The summed E-state index contributed by atoms with van der Waals surface area (Å²) in [5.74, 6) is -4.63. The van der Waals surface area contributed by atoms with Crippen molar-refractivity contribution in [2.24, 2.45) is 11.7 Å². The maximum Gasteiger partial charge on any atom is 0.338 e. The van der Waals surface area contributed by atoms with Crippen molar-refractivity contribution in [2.75, 3.05) is 26.2 Å². The number of methoxy groups -OCH3 is 3. The molecule has 0 saturated carbocycles. The second kappa shape index (κ2) is 11.2. The van der Waals surface area contributed by atoms with Crippen molar-refractivity contribution in [3.63, 3.8) is 0 Å². The SMILES string of the molecule is COC(=O)C1=C(N)N(c2ccc(F)cc2)C2=C(C(=O)[C@H](C(=O)OC)[C@@H](c3ccc(OC)cc3)C2)[C@H]1c1cccnc1. The number of ketones is 1. The van der Waals surface area contributed by atoms with Crippen molar-refractivity contribution in [2.45, 2.75) is 18.3 Å². The third-order valence-corrected chi connectivity index (χ3v) is 7.55. The first-order valence-electron chi connectivity index (χ1n) is 12.8. The Morgan fingerprint density at radius 1 is 0.976 bits per heavy atom. The van der Waals surface area contributed by atoms with Crippen LogP contribution in [0.15, 0.2) is 95.7 Å². The molecule has 10 heteroatoms. The zero-order valence-corrected chi connectivity index (χ0v) is 22.7. The number of carbonyl (C=O) groups excluding carboxylic acids is 3. The van der Waals surface area contributed by atoms with Crippen LogP contribution in [0.3, 0.4) is 0 Å². The summed E-state index contributed by atoms with van der Waals surface area (Å²) >= 11 is 0. The van der Waals surface area contributed by atoms with E-state index in [2.05, 4.69) is 4.98 Å². The Labute approximate surface area is 236 Å². The number of Topliss-reactive ketones (excluding diaryl/α,β-unsaturated/α-hetero) is 1. The minimum atomic E-state index is -1.21. The Morgan fingerprint density at radius 2 is 1.68 bits per heavy atom. The van der Waals surface area contributed by atoms with E-state index in [-0.39, 0.29) is 23.4 Å². The molecule has 5 rings (SSSR count). The van der Waals surface area contributed by atoms with Crippen LogP contribution in [0.1, 0.15) is 29.4 Å². The summed E-state index contributed by atoms with van der Waals surface area (Å²) in [6, 6.07) is 16.0. The van der Waals surface area contributed by atoms with Gasteiger partial charge in [0.05, 0.1) is 32.8 Å². The number of rotatable bonds is 6. The van der Waals surface area contributed by atoms with Crippen LogP contribution in [0, 0.1) is 11.7 Å². The first-order valence-corrected chi connectivity index (χ1v) is 12.8. The predicted molar refractivity (Wildman–Crippen MR) is 147 cm³/mol. The topological polar surface area (TPSA) is 121 Å². The summed E-state index contributed by atoms with van der Waals surface area (Å²) in [5.41, 5.74) is 9.05. The minimum absolute atomic E-state index is 0.00318. The summed E-state index contributed by atoms with van der Waals surface area (Å²) < 4.78 is 29.5. The summed E-state index contributed by atoms with van der Waals surface area (Å²) in [6.45, 7) is 0. The number of halogens is 1. The number of ether oxygens (including phenoxy) is 3. The van der Waals surface area contributed by atoms with Crippen LogP contribution in [-0.2, 0) is 23.9 Å². The third kappa shape index (κ3) is 4.82. The lowest BCUT2D eigenvalue weighted by Gasteiger charge is -2.44. The molecule has 3 atom stereocenters. The van der Waals surface area contributed by atoms with Gasteiger partial charge in [0, 0.05) is 35.3 Å². The number of benzene rings is 2. The Hall–Kier alpha value is -4.99. The van der Waals surface area contributed by atoms with Gasteiger partial charge in [-0.05, 0) is 60.0 Å². The number of hydrogen-bond donors (Lipinski definition) is 1. The number of hydrogen-bond acceptors (Lipinski definition) is 9. The van der Waals surface area contributed by atoms with Crippen LogP contribution in [-0.4, -0.2) is 44.0 Å². The molecule has 0 bridgehead atoms. The van der Waals surface area contributed by atoms with Gasteiger partial charge in [0.25, 0.3) is 0 Å². The molecule has 2 N–H and O–H groups in total. The highest BCUT2D eigenvalue weighted by Crippen LogP contribution is 2.51. The Balaban J connectivity index is 1.80. The number of pyridine rings is 1. The van der Waals surface area contributed by atoms with E-state index >= 15 is 0 Å². The first-order chi connectivity index (χ1) is 19.8. The van der Waals surface area contributed by atoms with Crippen LogP contribution in [0.2, 0.25) is 0 Å². The van der Waals surface area contributed by atoms with Gasteiger partial charge in [-0.2, -0.15) is 0 Å². The van der Waals surface area contributed by atoms with E-state index in [4.69, 9.17) is 19.9 Å². The molecule has 3 aromatic rings. The van der Waals surface area contributed by atoms with Crippen molar-refractivity contribution in [3.8, 4) is 5.75 Å². The van der Waals surface area contributed by atoms with Gasteiger partial charge in [0.15, 0.2) is 5.78 Å². The summed E-state index contributed by atoms with van der Waals surface area (Å²) in [5, 5.41) is 0. The van der Waals surface area contributed by atoms with Crippen molar-refractivity contribution in [1.29, 1.82) is 0 Å². The molecule has 0 radical (unpaired) electrons. The fourth-order valence-corrected chi connectivity index (χ4v) is 5.66. The van der Waals surface area contributed by atoms with Crippen molar-refractivity contribution in [3.05, 3.63) is 113 Å². The van der Waals surface area contributed by atoms with Crippen molar-refractivity contribution >= 4 is 23.4 Å². The van der Waals surface area contributed by atoms with Crippen LogP contribution >= 0.6 is 0 Å². The molecule has 1 aromatic heterocycles. The molecular weight excluding hydrogens is 529 g/mol. The highest BCUT2D eigenvalue weighted by molar-refractivity contribution is 6.14.